The summed E-state index contributed by atoms with van der Waals surface area (Å²) < 4.78 is 0. The first-order valence-electron chi connectivity index (χ1n) is 11.2. The number of pyridine rings is 1. The smallest absolute Gasteiger partial charge is 0.183 e. The van der Waals surface area contributed by atoms with Crippen molar-refractivity contribution in [3.63, 3.8) is 0 Å². The minimum atomic E-state index is 0.635. The number of H-pyrrole nitrogens is 1. The minimum Gasteiger partial charge on any atom is -0.357 e. The lowest BCUT2D eigenvalue weighted by molar-refractivity contribution is 0.502. The number of nitrogens with zero attached hydrogens (tertiary/aromatic N) is 4. The predicted octanol–water partition coefficient (Wildman–Crippen LogP) is 6.13. The molecule has 0 unspecified atom stereocenters. The van der Waals surface area contributed by atoms with E-state index in [1.807, 2.05) is 36.5 Å². The van der Waals surface area contributed by atoms with Crippen LogP contribution in [0.25, 0.3) is 22.8 Å². The second kappa shape index (κ2) is 9.13. The standard InChI is InChI=1S/C26H26ClN5/c1-2-18-3-5-19(6-4-18)20-13-15-32(16-14-20)24-12-9-22(17-28-24)26-29-25(30-31-26)21-7-10-23(27)11-8-21/h3-12,17,20H,2,13-16H2,1H3,(H,29,30,31). The van der Waals surface area contributed by atoms with Gasteiger partial charge in [-0.05, 0) is 72.7 Å². The van der Waals surface area contributed by atoms with E-state index in [1.165, 1.54) is 11.1 Å². The SMILES string of the molecule is CCc1ccc(C2CCN(c3ccc(-c4n[nH]c(-c5ccc(Cl)cc5)n4)cn3)CC2)cc1. The molecule has 0 amide bonds. The molecule has 3 heterocycles. The molecule has 2 aromatic heterocycles. The molecule has 1 N–H and O–H groups in total. The summed E-state index contributed by atoms with van der Waals surface area (Å²) in [5.74, 6) is 3.01. The zero-order chi connectivity index (χ0) is 21.9. The van der Waals surface area contributed by atoms with Crippen LogP contribution in [0.4, 0.5) is 5.82 Å². The van der Waals surface area contributed by atoms with Crippen molar-refractivity contribution >= 4 is 17.4 Å². The highest BCUT2D eigenvalue weighted by Gasteiger charge is 2.21. The number of anilines is 1. The molecule has 0 bridgehead atoms. The summed E-state index contributed by atoms with van der Waals surface area (Å²) in [6.07, 6.45) is 5.26. The number of aromatic amines is 1. The number of hydrogen-bond acceptors (Lipinski definition) is 4. The summed E-state index contributed by atoms with van der Waals surface area (Å²) >= 11 is 5.97. The molecule has 0 spiro atoms. The van der Waals surface area contributed by atoms with Gasteiger partial charge in [0.25, 0.3) is 0 Å². The maximum absolute atomic E-state index is 5.97. The molecule has 6 heteroatoms. The van der Waals surface area contributed by atoms with Gasteiger partial charge in [0.15, 0.2) is 11.6 Å². The molecule has 162 valence electrons. The van der Waals surface area contributed by atoms with E-state index in [4.69, 9.17) is 16.6 Å². The third-order valence-electron chi connectivity index (χ3n) is 6.29. The molecule has 5 rings (SSSR count). The van der Waals surface area contributed by atoms with Gasteiger partial charge >= 0.3 is 0 Å². The van der Waals surface area contributed by atoms with Gasteiger partial charge in [0, 0.05) is 35.4 Å². The topological polar surface area (TPSA) is 57.7 Å². The largest absolute Gasteiger partial charge is 0.357 e. The van der Waals surface area contributed by atoms with Crippen LogP contribution in [0.3, 0.4) is 0 Å². The first-order valence-corrected chi connectivity index (χ1v) is 11.6. The van der Waals surface area contributed by atoms with Crippen LogP contribution in [-0.4, -0.2) is 33.3 Å². The first kappa shape index (κ1) is 20.7. The van der Waals surface area contributed by atoms with Gasteiger partial charge in [-0.2, -0.15) is 5.10 Å². The zero-order valence-electron chi connectivity index (χ0n) is 18.1. The Morgan fingerprint density at radius 1 is 0.938 bits per heavy atom. The van der Waals surface area contributed by atoms with Gasteiger partial charge in [-0.1, -0.05) is 42.8 Å². The van der Waals surface area contributed by atoms with Crippen LogP contribution >= 0.6 is 11.6 Å². The van der Waals surface area contributed by atoms with E-state index in [9.17, 15) is 0 Å². The molecule has 4 aromatic rings. The van der Waals surface area contributed by atoms with E-state index in [-0.39, 0.29) is 0 Å². The molecular weight excluding hydrogens is 418 g/mol. The molecule has 1 fully saturated rings. The molecule has 0 saturated carbocycles. The first-order chi connectivity index (χ1) is 15.7. The van der Waals surface area contributed by atoms with Crippen LogP contribution in [0, 0.1) is 0 Å². The van der Waals surface area contributed by atoms with Gasteiger partial charge in [-0.25, -0.2) is 9.97 Å². The predicted molar refractivity (Wildman–Crippen MR) is 130 cm³/mol. The van der Waals surface area contributed by atoms with Crippen molar-refractivity contribution in [1.29, 1.82) is 0 Å². The summed E-state index contributed by atoms with van der Waals surface area (Å²) in [4.78, 5) is 11.7. The third-order valence-corrected chi connectivity index (χ3v) is 6.54. The van der Waals surface area contributed by atoms with Gasteiger partial charge in [0.2, 0.25) is 0 Å². The lowest BCUT2D eigenvalue weighted by Crippen LogP contribution is -2.33. The van der Waals surface area contributed by atoms with E-state index in [2.05, 4.69) is 57.3 Å². The van der Waals surface area contributed by atoms with E-state index >= 15 is 0 Å². The number of halogens is 1. The molecule has 0 atom stereocenters. The summed E-state index contributed by atoms with van der Waals surface area (Å²) in [6, 6.07) is 20.8. The summed E-state index contributed by atoms with van der Waals surface area (Å²) in [5, 5.41) is 8.06. The van der Waals surface area contributed by atoms with E-state index in [1.54, 1.807) is 0 Å². The van der Waals surface area contributed by atoms with Crippen LogP contribution in [0.15, 0.2) is 66.9 Å². The van der Waals surface area contributed by atoms with Crippen molar-refractivity contribution in [3.05, 3.63) is 83.0 Å². The number of hydrogen-bond donors (Lipinski definition) is 1. The van der Waals surface area contributed by atoms with Gasteiger partial charge in [-0.3, -0.25) is 5.10 Å². The highest BCUT2D eigenvalue weighted by atomic mass is 35.5. The molecule has 0 aliphatic carbocycles. The van der Waals surface area contributed by atoms with Crippen LogP contribution < -0.4 is 4.90 Å². The fraction of sp³-hybridized carbons (Fsp3) is 0.269. The third kappa shape index (κ3) is 4.39. The average molecular weight is 444 g/mol. The molecule has 1 saturated heterocycles. The highest BCUT2D eigenvalue weighted by Crippen LogP contribution is 2.30. The van der Waals surface area contributed by atoms with Gasteiger partial charge in [0.05, 0.1) is 0 Å². The average Bonchev–Trinajstić information content (AvgIpc) is 3.35. The molecular formula is C26H26ClN5. The highest BCUT2D eigenvalue weighted by molar-refractivity contribution is 6.30. The van der Waals surface area contributed by atoms with Crippen molar-refractivity contribution in [2.24, 2.45) is 0 Å². The molecule has 5 nitrogen and oxygen atoms in total. The van der Waals surface area contributed by atoms with Crippen molar-refractivity contribution in [3.8, 4) is 22.8 Å². The fourth-order valence-corrected chi connectivity index (χ4v) is 4.43. The number of benzene rings is 2. The van der Waals surface area contributed by atoms with Crippen molar-refractivity contribution in [2.45, 2.75) is 32.1 Å². The summed E-state index contributed by atoms with van der Waals surface area (Å²) in [6.45, 7) is 4.24. The van der Waals surface area contributed by atoms with Crippen LogP contribution in [0.1, 0.15) is 36.8 Å². The lowest BCUT2D eigenvalue weighted by Gasteiger charge is -2.33. The Morgan fingerprint density at radius 2 is 1.66 bits per heavy atom. The zero-order valence-corrected chi connectivity index (χ0v) is 18.9. The Bertz CT molecular complexity index is 1160. The van der Waals surface area contributed by atoms with Crippen molar-refractivity contribution in [1.82, 2.24) is 20.2 Å². The van der Waals surface area contributed by atoms with E-state index < -0.39 is 0 Å². The number of rotatable bonds is 5. The van der Waals surface area contributed by atoms with Crippen LogP contribution in [0.2, 0.25) is 5.02 Å². The van der Waals surface area contributed by atoms with Gasteiger partial charge in [-0.15, -0.1) is 0 Å². The Labute approximate surface area is 193 Å². The molecule has 0 radical (unpaired) electrons. The summed E-state index contributed by atoms with van der Waals surface area (Å²) in [7, 11) is 0. The number of nitrogens with one attached hydrogen (secondary N) is 1. The van der Waals surface area contributed by atoms with E-state index in [0.29, 0.717) is 16.8 Å². The molecule has 2 aromatic carbocycles. The molecule has 1 aliphatic rings. The maximum Gasteiger partial charge on any atom is 0.183 e. The second-order valence-corrected chi connectivity index (χ2v) is 8.71. The van der Waals surface area contributed by atoms with Gasteiger partial charge in [0.1, 0.15) is 5.82 Å². The van der Waals surface area contributed by atoms with Crippen molar-refractivity contribution < 1.29 is 0 Å². The molecule has 1 aliphatic heterocycles. The monoisotopic (exact) mass is 443 g/mol. The second-order valence-electron chi connectivity index (χ2n) is 8.28. The fourth-order valence-electron chi connectivity index (χ4n) is 4.30. The quantitative estimate of drug-likeness (QED) is 0.403. The number of piperidine rings is 1. The Kier molecular flexibility index (Phi) is 5.91. The minimum absolute atomic E-state index is 0.635. The maximum atomic E-state index is 5.97. The number of aryl methyl sites for hydroxylation is 1. The molecule has 32 heavy (non-hydrogen) atoms. The Hall–Kier alpha value is -3.18. The van der Waals surface area contributed by atoms with Crippen LogP contribution in [0.5, 0.6) is 0 Å². The van der Waals surface area contributed by atoms with E-state index in [0.717, 1.165) is 55.1 Å². The Balaban J connectivity index is 1.23. The Morgan fingerprint density at radius 3 is 2.31 bits per heavy atom. The normalized spacial score (nSPS) is 14.6. The number of aromatic nitrogens is 4. The van der Waals surface area contributed by atoms with Crippen molar-refractivity contribution in [2.75, 3.05) is 18.0 Å². The summed E-state index contributed by atoms with van der Waals surface area (Å²) in [5.41, 5.74) is 4.72. The van der Waals surface area contributed by atoms with Crippen LogP contribution in [-0.2, 0) is 6.42 Å². The lowest BCUT2D eigenvalue weighted by atomic mass is 9.89. The van der Waals surface area contributed by atoms with Gasteiger partial charge < -0.3 is 4.90 Å².